The second-order valence-corrected chi connectivity index (χ2v) is 12.0. The highest BCUT2D eigenvalue weighted by Gasteiger charge is 2.34. The Bertz CT molecular complexity index is 527. The molecule has 4 heteroatoms. The topological polar surface area (TPSA) is 18.5 Å². The number of rotatable bonds is 1. The largest absolute Gasteiger partial charge is 0.495 e. The van der Waals surface area contributed by atoms with Crippen LogP contribution in [0.15, 0.2) is 24.3 Å². The van der Waals surface area contributed by atoms with E-state index in [1.165, 1.54) is 0 Å². The van der Waals surface area contributed by atoms with E-state index in [-0.39, 0.29) is 12.5 Å². The van der Waals surface area contributed by atoms with Crippen molar-refractivity contribution in [2.75, 3.05) is 13.2 Å². The normalized spacial score (nSPS) is 18.4. The van der Waals surface area contributed by atoms with Crippen LogP contribution in [0.5, 0.6) is 0 Å². The minimum atomic E-state index is -1.38. The van der Waals surface area contributed by atoms with Crippen molar-refractivity contribution in [3.63, 3.8) is 0 Å². The molecular formula is C16H23BO2Si. The lowest BCUT2D eigenvalue weighted by Gasteiger charge is -2.33. The zero-order valence-corrected chi connectivity index (χ0v) is 14.1. The summed E-state index contributed by atoms with van der Waals surface area (Å²) < 4.78 is 11.7. The third-order valence-corrected chi connectivity index (χ3v) is 3.91. The lowest BCUT2D eigenvalue weighted by Crippen LogP contribution is -2.48. The van der Waals surface area contributed by atoms with Gasteiger partial charge in [0.1, 0.15) is 8.07 Å². The van der Waals surface area contributed by atoms with Gasteiger partial charge < -0.3 is 9.31 Å². The molecule has 1 aromatic rings. The van der Waals surface area contributed by atoms with Crippen LogP contribution < -0.4 is 5.46 Å². The van der Waals surface area contributed by atoms with Gasteiger partial charge in [-0.25, -0.2) is 0 Å². The second-order valence-electron chi connectivity index (χ2n) is 7.21. The molecule has 1 heterocycles. The van der Waals surface area contributed by atoms with Crippen molar-refractivity contribution in [3.05, 3.63) is 29.8 Å². The predicted molar refractivity (Wildman–Crippen MR) is 87.7 cm³/mol. The summed E-state index contributed by atoms with van der Waals surface area (Å²) in [6, 6.07) is 8.14. The van der Waals surface area contributed by atoms with Gasteiger partial charge in [-0.15, -0.1) is 5.54 Å². The van der Waals surface area contributed by atoms with Crippen molar-refractivity contribution in [2.45, 2.75) is 33.5 Å². The van der Waals surface area contributed by atoms with Crippen molar-refractivity contribution < 1.29 is 9.31 Å². The molecule has 0 radical (unpaired) electrons. The van der Waals surface area contributed by atoms with Crippen LogP contribution >= 0.6 is 0 Å². The number of hydrogen-bond donors (Lipinski definition) is 0. The Balaban J connectivity index is 2.22. The smallest absolute Gasteiger partial charge is 0.407 e. The van der Waals surface area contributed by atoms with Crippen LogP contribution in [0.2, 0.25) is 19.6 Å². The van der Waals surface area contributed by atoms with Gasteiger partial charge in [0.2, 0.25) is 0 Å². The van der Waals surface area contributed by atoms with Crippen molar-refractivity contribution in [1.82, 2.24) is 0 Å². The van der Waals surface area contributed by atoms with Crippen molar-refractivity contribution in [3.8, 4) is 11.5 Å². The Kier molecular flexibility index (Phi) is 4.43. The van der Waals surface area contributed by atoms with Gasteiger partial charge in [-0.2, -0.15) is 0 Å². The van der Waals surface area contributed by atoms with Crippen LogP contribution in [0.1, 0.15) is 19.4 Å². The molecule has 0 aromatic heterocycles. The average molecular weight is 286 g/mol. The molecule has 0 spiro atoms. The van der Waals surface area contributed by atoms with Crippen LogP contribution in [-0.4, -0.2) is 28.4 Å². The van der Waals surface area contributed by atoms with Gasteiger partial charge in [0.15, 0.2) is 0 Å². The Morgan fingerprint density at radius 2 is 1.70 bits per heavy atom. The molecule has 0 bridgehead atoms. The highest BCUT2D eigenvalue weighted by atomic mass is 28.3. The fourth-order valence-electron chi connectivity index (χ4n) is 1.94. The highest BCUT2D eigenvalue weighted by molar-refractivity contribution is 6.84. The Morgan fingerprint density at radius 3 is 2.30 bits per heavy atom. The van der Waals surface area contributed by atoms with Crippen molar-refractivity contribution in [1.29, 1.82) is 0 Å². The monoisotopic (exact) mass is 286 g/mol. The molecule has 1 aliphatic heterocycles. The van der Waals surface area contributed by atoms with Crippen molar-refractivity contribution >= 4 is 20.7 Å². The van der Waals surface area contributed by atoms with Gasteiger partial charge in [0, 0.05) is 24.2 Å². The van der Waals surface area contributed by atoms with Gasteiger partial charge in [0.25, 0.3) is 0 Å². The Morgan fingerprint density at radius 1 is 1.10 bits per heavy atom. The lowest BCUT2D eigenvalue weighted by atomic mass is 9.73. The molecule has 0 N–H and O–H groups in total. The summed E-state index contributed by atoms with van der Waals surface area (Å²) in [7, 11) is -1.66. The van der Waals surface area contributed by atoms with Gasteiger partial charge in [-0.3, -0.25) is 0 Å². The first-order valence-electron chi connectivity index (χ1n) is 7.12. The van der Waals surface area contributed by atoms with E-state index in [2.05, 4.69) is 57.1 Å². The van der Waals surface area contributed by atoms with E-state index in [9.17, 15) is 0 Å². The standard InChI is InChI=1S/C16H23BO2Si/c1-16(2)12-18-17(19-13-16)15-9-7-6-8-14(15)10-11-20(3,4)5/h6-9H,12-13H2,1-5H3. The summed E-state index contributed by atoms with van der Waals surface area (Å²) in [6.45, 7) is 12.5. The van der Waals surface area contributed by atoms with Crippen LogP contribution in [0.3, 0.4) is 0 Å². The van der Waals surface area contributed by atoms with Gasteiger partial charge in [-0.05, 0) is 11.5 Å². The van der Waals surface area contributed by atoms with Gasteiger partial charge >= 0.3 is 7.12 Å². The van der Waals surface area contributed by atoms with Gasteiger partial charge in [0.05, 0.1) is 0 Å². The summed E-state index contributed by atoms with van der Waals surface area (Å²) in [4.78, 5) is 0. The minimum Gasteiger partial charge on any atom is -0.407 e. The molecule has 2 nitrogen and oxygen atoms in total. The molecule has 1 fully saturated rings. The fraction of sp³-hybridized carbons (Fsp3) is 0.500. The molecule has 1 saturated heterocycles. The quantitative estimate of drug-likeness (QED) is 0.584. The van der Waals surface area contributed by atoms with E-state index in [0.29, 0.717) is 13.2 Å². The first-order chi connectivity index (χ1) is 9.27. The molecule has 0 aliphatic carbocycles. The first kappa shape index (κ1) is 15.4. The maximum absolute atomic E-state index is 5.87. The van der Waals surface area contributed by atoms with Crippen molar-refractivity contribution in [2.24, 2.45) is 5.41 Å². The Hall–Kier alpha value is -1.02. The molecule has 2 rings (SSSR count). The van der Waals surface area contributed by atoms with Crippen LogP contribution in [-0.2, 0) is 9.31 Å². The molecule has 0 atom stereocenters. The maximum atomic E-state index is 5.87. The molecule has 1 aliphatic rings. The molecule has 20 heavy (non-hydrogen) atoms. The average Bonchev–Trinajstić information content (AvgIpc) is 2.36. The van der Waals surface area contributed by atoms with E-state index in [1.54, 1.807) is 0 Å². The van der Waals surface area contributed by atoms with Crippen LogP contribution in [0.4, 0.5) is 0 Å². The van der Waals surface area contributed by atoms with E-state index in [0.717, 1.165) is 11.0 Å². The summed E-state index contributed by atoms with van der Waals surface area (Å²) in [5.74, 6) is 3.32. The summed E-state index contributed by atoms with van der Waals surface area (Å²) in [5.41, 5.74) is 5.58. The van der Waals surface area contributed by atoms with E-state index < -0.39 is 8.07 Å². The lowest BCUT2D eigenvalue weighted by molar-refractivity contribution is 0.0343. The molecule has 0 unspecified atom stereocenters. The number of hydrogen-bond acceptors (Lipinski definition) is 2. The summed E-state index contributed by atoms with van der Waals surface area (Å²) >= 11 is 0. The molecule has 106 valence electrons. The third kappa shape index (κ3) is 4.24. The zero-order valence-electron chi connectivity index (χ0n) is 13.1. The molecule has 0 amide bonds. The SMILES string of the molecule is CC1(C)COB(c2ccccc2C#C[Si](C)(C)C)OC1. The first-order valence-corrected chi connectivity index (χ1v) is 10.6. The van der Waals surface area contributed by atoms with Crippen LogP contribution in [0.25, 0.3) is 0 Å². The number of benzene rings is 1. The second kappa shape index (κ2) is 5.77. The van der Waals surface area contributed by atoms with E-state index >= 15 is 0 Å². The molecule has 1 aromatic carbocycles. The van der Waals surface area contributed by atoms with E-state index in [1.807, 2.05) is 12.1 Å². The van der Waals surface area contributed by atoms with E-state index in [4.69, 9.17) is 9.31 Å². The third-order valence-electron chi connectivity index (χ3n) is 3.04. The molecular weight excluding hydrogens is 263 g/mol. The Labute approximate surface area is 124 Å². The zero-order chi connectivity index (χ0) is 14.8. The summed E-state index contributed by atoms with van der Waals surface area (Å²) in [6.07, 6.45) is 0. The van der Waals surface area contributed by atoms with Crippen LogP contribution in [0, 0.1) is 16.9 Å². The van der Waals surface area contributed by atoms with Gasteiger partial charge in [-0.1, -0.05) is 57.6 Å². The fourth-order valence-corrected chi connectivity index (χ4v) is 2.45. The highest BCUT2D eigenvalue weighted by Crippen LogP contribution is 2.21. The molecule has 0 saturated carbocycles. The minimum absolute atomic E-state index is 0.0927. The predicted octanol–water partition coefficient (Wildman–Crippen LogP) is 2.68. The maximum Gasteiger partial charge on any atom is 0.495 e. The summed E-state index contributed by atoms with van der Waals surface area (Å²) in [5, 5.41) is 0.